The number of nitrogens with zero attached hydrogens (tertiary/aromatic N) is 1. The Hall–Kier alpha value is -1.63. The van der Waals surface area contributed by atoms with Crippen molar-refractivity contribution in [2.45, 2.75) is 17.3 Å². The van der Waals surface area contributed by atoms with E-state index < -0.39 is 0 Å². The molecule has 0 atom stereocenters. The zero-order chi connectivity index (χ0) is 16.8. The van der Waals surface area contributed by atoms with Crippen LogP contribution in [0.15, 0.2) is 68.8 Å². The molecule has 0 radical (unpaired) electrons. The monoisotopic (exact) mass is 419 g/mol. The first-order valence-corrected chi connectivity index (χ1v) is 9.94. The van der Waals surface area contributed by atoms with Gasteiger partial charge < -0.3 is 4.74 Å². The van der Waals surface area contributed by atoms with Gasteiger partial charge in [0, 0.05) is 20.5 Å². The van der Waals surface area contributed by atoms with Gasteiger partial charge >= 0.3 is 5.97 Å². The van der Waals surface area contributed by atoms with Crippen molar-refractivity contribution in [2.24, 2.45) is 0 Å². The predicted octanol–water partition coefficient (Wildman–Crippen LogP) is 5.55. The first-order valence-electron chi connectivity index (χ1n) is 7.22. The Kier molecular flexibility index (Phi) is 6.07. The zero-order valence-corrected chi connectivity index (χ0v) is 15.9. The lowest BCUT2D eigenvalue weighted by molar-refractivity contribution is 0.0472. The standard InChI is InChI=1S/C18H14BrNO2S2/c19-15-3-1-2-13(8-15)9-22-18(21)14-4-6-17(7-5-14)24-11-16-10-23-12-20-16/h1-8,10,12H,9,11H2. The molecule has 2 aromatic carbocycles. The Bertz CT molecular complexity index is 804. The van der Waals surface area contributed by atoms with Crippen LogP contribution in [-0.2, 0) is 17.1 Å². The third-order valence-electron chi connectivity index (χ3n) is 3.22. The number of carbonyl (C=O) groups is 1. The number of carbonyl (C=O) groups excluding carboxylic acids is 1. The second-order valence-corrected chi connectivity index (χ2v) is 7.68. The van der Waals surface area contributed by atoms with E-state index in [9.17, 15) is 4.79 Å². The number of hydrogen-bond donors (Lipinski definition) is 0. The Morgan fingerprint density at radius 3 is 2.75 bits per heavy atom. The summed E-state index contributed by atoms with van der Waals surface area (Å²) < 4.78 is 6.32. The number of halogens is 1. The molecule has 3 rings (SSSR count). The van der Waals surface area contributed by atoms with E-state index in [4.69, 9.17) is 4.74 Å². The Labute approximate surface area is 157 Å². The van der Waals surface area contributed by atoms with Gasteiger partial charge in [-0.2, -0.15) is 0 Å². The van der Waals surface area contributed by atoms with E-state index in [0.717, 1.165) is 26.4 Å². The Morgan fingerprint density at radius 2 is 2.04 bits per heavy atom. The fraction of sp³-hybridized carbons (Fsp3) is 0.111. The first-order chi connectivity index (χ1) is 11.7. The van der Waals surface area contributed by atoms with E-state index in [2.05, 4.69) is 20.9 Å². The van der Waals surface area contributed by atoms with Gasteiger partial charge in [0.25, 0.3) is 0 Å². The fourth-order valence-electron chi connectivity index (χ4n) is 2.01. The van der Waals surface area contributed by atoms with Crippen molar-refractivity contribution in [1.29, 1.82) is 0 Å². The maximum absolute atomic E-state index is 12.1. The molecule has 0 aliphatic carbocycles. The summed E-state index contributed by atoms with van der Waals surface area (Å²) in [4.78, 5) is 17.5. The molecule has 6 heteroatoms. The van der Waals surface area contributed by atoms with Crippen LogP contribution in [0.3, 0.4) is 0 Å². The van der Waals surface area contributed by atoms with Gasteiger partial charge in [0.15, 0.2) is 0 Å². The second kappa shape index (κ2) is 8.46. The number of ether oxygens (including phenoxy) is 1. The molecule has 0 saturated heterocycles. The number of thioether (sulfide) groups is 1. The molecule has 122 valence electrons. The zero-order valence-electron chi connectivity index (χ0n) is 12.6. The van der Waals surface area contributed by atoms with Gasteiger partial charge in [-0.25, -0.2) is 9.78 Å². The predicted molar refractivity (Wildman–Crippen MR) is 101 cm³/mol. The number of thiazole rings is 1. The second-order valence-electron chi connectivity index (χ2n) is 5.00. The van der Waals surface area contributed by atoms with Crippen molar-refractivity contribution in [3.63, 3.8) is 0 Å². The van der Waals surface area contributed by atoms with Crippen LogP contribution >= 0.6 is 39.0 Å². The van der Waals surface area contributed by atoms with E-state index in [1.807, 2.05) is 47.3 Å². The molecule has 0 aliphatic heterocycles. The van der Waals surface area contributed by atoms with E-state index in [0.29, 0.717) is 5.56 Å². The molecule has 0 saturated carbocycles. The van der Waals surface area contributed by atoms with Crippen LogP contribution in [0.2, 0.25) is 0 Å². The molecule has 1 heterocycles. The molecule has 3 nitrogen and oxygen atoms in total. The molecule has 1 aromatic heterocycles. The minimum Gasteiger partial charge on any atom is -0.457 e. The molecular weight excluding hydrogens is 406 g/mol. The van der Waals surface area contributed by atoms with E-state index in [1.54, 1.807) is 35.2 Å². The van der Waals surface area contributed by atoms with E-state index >= 15 is 0 Å². The molecule has 24 heavy (non-hydrogen) atoms. The van der Waals surface area contributed by atoms with Crippen molar-refractivity contribution in [3.05, 3.63) is 80.7 Å². The molecule has 0 unspecified atom stereocenters. The first kappa shape index (κ1) is 17.2. The smallest absolute Gasteiger partial charge is 0.338 e. The van der Waals surface area contributed by atoms with Crippen molar-refractivity contribution in [3.8, 4) is 0 Å². The molecule has 0 N–H and O–H groups in total. The normalized spacial score (nSPS) is 10.5. The number of hydrogen-bond acceptors (Lipinski definition) is 5. The average Bonchev–Trinajstić information content (AvgIpc) is 3.12. The lowest BCUT2D eigenvalue weighted by Crippen LogP contribution is -2.05. The molecular formula is C18H14BrNO2S2. The largest absolute Gasteiger partial charge is 0.457 e. The highest BCUT2D eigenvalue weighted by Crippen LogP contribution is 2.23. The summed E-state index contributed by atoms with van der Waals surface area (Å²) in [6, 6.07) is 15.2. The maximum atomic E-state index is 12.1. The van der Waals surface area contributed by atoms with Gasteiger partial charge in [-0.3, -0.25) is 0 Å². The highest BCUT2D eigenvalue weighted by Gasteiger charge is 2.08. The van der Waals surface area contributed by atoms with Gasteiger partial charge in [-0.1, -0.05) is 28.1 Å². The maximum Gasteiger partial charge on any atom is 0.338 e. The van der Waals surface area contributed by atoms with Gasteiger partial charge in [0.05, 0.1) is 16.8 Å². The summed E-state index contributed by atoms with van der Waals surface area (Å²) in [6.45, 7) is 0.263. The molecule has 0 aliphatic rings. The van der Waals surface area contributed by atoms with Crippen LogP contribution in [0.5, 0.6) is 0 Å². The van der Waals surface area contributed by atoms with Crippen LogP contribution < -0.4 is 0 Å². The van der Waals surface area contributed by atoms with Crippen LogP contribution in [0.25, 0.3) is 0 Å². The van der Waals surface area contributed by atoms with E-state index in [-0.39, 0.29) is 12.6 Å². The number of aromatic nitrogens is 1. The molecule has 3 aromatic rings. The van der Waals surface area contributed by atoms with Gasteiger partial charge in [0.1, 0.15) is 6.61 Å². The summed E-state index contributed by atoms with van der Waals surface area (Å²) in [7, 11) is 0. The Balaban J connectivity index is 1.53. The molecule has 0 amide bonds. The number of benzene rings is 2. The minimum atomic E-state index is -0.314. The highest BCUT2D eigenvalue weighted by atomic mass is 79.9. The van der Waals surface area contributed by atoms with Crippen LogP contribution in [0.1, 0.15) is 21.6 Å². The van der Waals surface area contributed by atoms with Gasteiger partial charge in [-0.15, -0.1) is 23.1 Å². The number of rotatable bonds is 6. The summed E-state index contributed by atoms with van der Waals surface area (Å²) in [5.74, 6) is 0.516. The van der Waals surface area contributed by atoms with Gasteiger partial charge in [-0.05, 0) is 42.0 Å². The third kappa shape index (κ3) is 4.93. The quantitative estimate of drug-likeness (QED) is 0.387. The van der Waals surface area contributed by atoms with Gasteiger partial charge in [0.2, 0.25) is 0 Å². The number of esters is 1. The summed E-state index contributed by atoms with van der Waals surface area (Å²) in [5.41, 5.74) is 4.42. The molecule has 0 spiro atoms. The highest BCUT2D eigenvalue weighted by molar-refractivity contribution is 9.10. The van der Waals surface area contributed by atoms with Crippen molar-refractivity contribution < 1.29 is 9.53 Å². The van der Waals surface area contributed by atoms with Crippen molar-refractivity contribution >= 4 is 45.0 Å². The average molecular weight is 420 g/mol. The van der Waals surface area contributed by atoms with E-state index in [1.165, 1.54) is 0 Å². The lowest BCUT2D eigenvalue weighted by atomic mass is 10.2. The topological polar surface area (TPSA) is 39.2 Å². The summed E-state index contributed by atoms with van der Waals surface area (Å²) >= 11 is 6.70. The Morgan fingerprint density at radius 1 is 1.21 bits per heavy atom. The van der Waals surface area contributed by atoms with Crippen LogP contribution in [0.4, 0.5) is 0 Å². The van der Waals surface area contributed by atoms with Crippen LogP contribution in [-0.4, -0.2) is 11.0 Å². The summed E-state index contributed by atoms with van der Waals surface area (Å²) in [5, 5.41) is 2.04. The minimum absolute atomic E-state index is 0.263. The van der Waals surface area contributed by atoms with Crippen LogP contribution in [0, 0.1) is 0 Å². The molecule has 0 fully saturated rings. The molecule has 0 bridgehead atoms. The lowest BCUT2D eigenvalue weighted by Gasteiger charge is -2.06. The van der Waals surface area contributed by atoms with Crippen molar-refractivity contribution in [2.75, 3.05) is 0 Å². The SMILES string of the molecule is O=C(OCc1cccc(Br)c1)c1ccc(SCc2cscn2)cc1. The van der Waals surface area contributed by atoms with Crippen molar-refractivity contribution in [1.82, 2.24) is 4.98 Å². The summed E-state index contributed by atoms with van der Waals surface area (Å²) in [6.07, 6.45) is 0. The third-order valence-corrected chi connectivity index (χ3v) is 5.39. The fourth-order valence-corrected chi connectivity index (χ4v) is 3.92.